The van der Waals surface area contributed by atoms with Crippen LogP contribution in [0.3, 0.4) is 0 Å². The lowest BCUT2D eigenvalue weighted by molar-refractivity contribution is -0.148. The largest absolute Gasteiger partial charge is 0.462 e. The molecule has 0 atom stereocenters. The van der Waals surface area contributed by atoms with Gasteiger partial charge < -0.3 is 4.74 Å². The van der Waals surface area contributed by atoms with Gasteiger partial charge in [0, 0.05) is 12.8 Å². The first kappa shape index (κ1) is 20.7. The second-order valence-corrected chi connectivity index (χ2v) is 8.00. The molecule has 4 heteroatoms. The van der Waals surface area contributed by atoms with Crippen molar-refractivity contribution >= 4 is 6.47 Å². The Morgan fingerprint density at radius 1 is 1.12 bits per heavy atom. The van der Waals surface area contributed by atoms with E-state index in [-0.39, 0.29) is 5.66 Å². The number of nitrogens with zero attached hydrogens (tertiary/aromatic N) is 2. The third-order valence-electron chi connectivity index (χ3n) is 4.85. The number of hydrogen-bond acceptors (Lipinski definition) is 4. The van der Waals surface area contributed by atoms with Crippen LogP contribution in [-0.2, 0) is 16.0 Å². The average molecular weight is 335 g/mol. The average Bonchev–Trinajstić information content (AvgIpc) is 2.45. The van der Waals surface area contributed by atoms with Crippen molar-refractivity contribution in [1.29, 1.82) is 0 Å². The summed E-state index contributed by atoms with van der Waals surface area (Å²) >= 11 is 0. The van der Waals surface area contributed by atoms with Gasteiger partial charge >= 0.3 is 0 Å². The molecule has 24 heavy (non-hydrogen) atoms. The van der Waals surface area contributed by atoms with Crippen LogP contribution in [0.4, 0.5) is 0 Å². The lowest BCUT2D eigenvalue weighted by Gasteiger charge is -2.48. The zero-order chi connectivity index (χ0) is 18.5. The van der Waals surface area contributed by atoms with E-state index in [4.69, 9.17) is 4.74 Å². The predicted octanol–water partition coefficient (Wildman–Crippen LogP) is 3.51. The molecule has 0 aliphatic carbocycles. The molecule has 0 heterocycles. The minimum atomic E-state index is -0.536. The lowest BCUT2D eigenvalue weighted by Crippen LogP contribution is -2.60. The van der Waals surface area contributed by atoms with Crippen molar-refractivity contribution in [3.8, 4) is 0 Å². The normalized spacial score (nSPS) is 13.0. The van der Waals surface area contributed by atoms with E-state index in [0.29, 0.717) is 18.8 Å². The maximum atomic E-state index is 10.9. The van der Waals surface area contributed by atoms with Crippen LogP contribution in [0.1, 0.15) is 51.2 Å². The van der Waals surface area contributed by atoms with Crippen LogP contribution >= 0.6 is 0 Å². The van der Waals surface area contributed by atoms with Crippen LogP contribution in [0, 0.1) is 0 Å². The summed E-state index contributed by atoms with van der Waals surface area (Å²) in [6.07, 6.45) is 1.57. The Labute approximate surface area is 147 Å². The summed E-state index contributed by atoms with van der Waals surface area (Å²) in [6.45, 7) is 8.91. The van der Waals surface area contributed by atoms with Gasteiger partial charge in [0.25, 0.3) is 6.47 Å². The number of ether oxygens (including phenoxy) is 1. The van der Waals surface area contributed by atoms with Crippen molar-refractivity contribution in [2.45, 2.75) is 57.7 Å². The summed E-state index contributed by atoms with van der Waals surface area (Å²) in [7, 11) is 8.35. The molecule has 0 aromatic heterocycles. The number of carbonyl (C=O) groups is 1. The number of likely N-dealkylation sites (N-methyl/N-ethyl adjacent to an activating group) is 2. The first-order valence-electron chi connectivity index (χ1n) is 8.59. The highest BCUT2D eigenvalue weighted by Crippen LogP contribution is 2.33. The molecule has 1 rings (SSSR count). The third kappa shape index (κ3) is 5.05. The molecule has 1 aromatic carbocycles. The Balaban J connectivity index is 3.23. The minimum absolute atomic E-state index is 0.248. The molecule has 0 N–H and O–H groups in total. The quantitative estimate of drug-likeness (QED) is 0.511. The molecule has 0 amide bonds. The highest BCUT2D eigenvalue weighted by Gasteiger charge is 2.41. The topological polar surface area (TPSA) is 32.8 Å². The van der Waals surface area contributed by atoms with Crippen LogP contribution in [0.25, 0.3) is 0 Å². The maximum absolute atomic E-state index is 10.9. The van der Waals surface area contributed by atoms with Gasteiger partial charge in [-0.2, -0.15) is 0 Å². The fraction of sp³-hybridized carbons (Fsp3) is 0.650. The SMILES string of the molecule is CC(C)c1cccc(CC(CC(C)(C)OC=O)(N(C)C)N(C)C)c1. The molecular weight excluding hydrogens is 300 g/mol. The van der Waals surface area contributed by atoms with Gasteiger partial charge in [-0.3, -0.25) is 14.6 Å². The Kier molecular flexibility index (Phi) is 6.99. The standard InChI is InChI=1S/C20H34N2O2/c1-16(2)18-11-9-10-17(12-18)13-20(21(5)6,22(7)8)14-19(3,4)24-15-23/h9-12,15-16H,13-14H2,1-8H3. The molecule has 4 nitrogen and oxygen atoms in total. The van der Waals surface area contributed by atoms with Gasteiger partial charge in [-0.15, -0.1) is 0 Å². The first-order chi connectivity index (χ1) is 11.0. The van der Waals surface area contributed by atoms with Crippen LogP contribution in [0.5, 0.6) is 0 Å². The van der Waals surface area contributed by atoms with Gasteiger partial charge in [0.05, 0.1) is 5.66 Å². The molecule has 0 saturated carbocycles. The number of benzene rings is 1. The molecule has 0 radical (unpaired) electrons. The van der Waals surface area contributed by atoms with Crippen LogP contribution in [0.15, 0.2) is 24.3 Å². The Bertz CT molecular complexity index is 528. The molecule has 0 saturated heterocycles. The van der Waals surface area contributed by atoms with E-state index in [1.807, 2.05) is 13.8 Å². The van der Waals surface area contributed by atoms with E-state index in [1.165, 1.54) is 11.1 Å². The predicted molar refractivity (Wildman–Crippen MR) is 100 cm³/mol. The molecule has 0 aliphatic rings. The van der Waals surface area contributed by atoms with E-state index in [0.717, 1.165) is 6.42 Å². The van der Waals surface area contributed by atoms with Crippen LogP contribution in [-0.4, -0.2) is 55.7 Å². The van der Waals surface area contributed by atoms with Crippen molar-refractivity contribution in [2.75, 3.05) is 28.2 Å². The van der Waals surface area contributed by atoms with Crippen LogP contribution in [0.2, 0.25) is 0 Å². The van der Waals surface area contributed by atoms with Gasteiger partial charge in [0.1, 0.15) is 5.60 Å². The minimum Gasteiger partial charge on any atom is -0.462 e. The summed E-state index contributed by atoms with van der Waals surface area (Å²) in [5.41, 5.74) is 1.86. The molecule has 136 valence electrons. The van der Waals surface area contributed by atoms with Crippen molar-refractivity contribution in [3.63, 3.8) is 0 Å². The fourth-order valence-corrected chi connectivity index (χ4v) is 3.34. The summed E-state index contributed by atoms with van der Waals surface area (Å²) in [4.78, 5) is 15.3. The second-order valence-electron chi connectivity index (χ2n) is 8.00. The highest BCUT2D eigenvalue weighted by atomic mass is 16.5. The molecule has 1 aromatic rings. The number of rotatable bonds is 9. The maximum Gasteiger partial charge on any atom is 0.293 e. The zero-order valence-corrected chi connectivity index (χ0v) is 16.6. The van der Waals surface area contributed by atoms with E-state index < -0.39 is 5.60 Å². The lowest BCUT2D eigenvalue weighted by atomic mass is 9.85. The smallest absolute Gasteiger partial charge is 0.293 e. The van der Waals surface area contributed by atoms with Crippen molar-refractivity contribution in [1.82, 2.24) is 9.80 Å². The van der Waals surface area contributed by atoms with Gasteiger partial charge in [-0.25, -0.2) is 0 Å². The van der Waals surface area contributed by atoms with Crippen molar-refractivity contribution < 1.29 is 9.53 Å². The highest BCUT2D eigenvalue weighted by molar-refractivity contribution is 5.38. The van der Waals surface area contributed by atoms with Gasteiger partial charge in [-0.1, -0.05) is 38.1 Å². The van der Waals surface area contributed by atoms with Crippen LogP contribution < -0.4 is 0 Å². The molecule has 0 unspecified atom stereocenters. The van der Waals surface area contributed by atoms with Gasteiger partial charge in [0.15, 0.2) is 0 Å². The first-order valence-corrected chi connectivity index (χ1v) is 8.59. The monoisotopic (exact) mass is 334 g/mol. The number of hydrogen-bond donors (Lipinski definition) is 0. The summed E-state index contributed by atoms with van der Waals surface area (Å²) in [5.74, 6) is 0.507. The van der Waals surface area contributed by atoms with E-state index >= 15 is 0 Å². The third-order valence-corrected chi connectivity index (χ3v) is 4.85. The number of carbonyl (C=O) groups excluding carboxylic acids is 1. The van der Waals surface area contributed by atoms with E-state index in [1.54, 1.807) is 0 Å². The fourth-order valence-electron chi connectivity index (χ4n) is 3.34. The summed E-state index contributed by atoms with van der Waals surface area (Å²) in [5, 5.41) is 0. The molecule has 0 bridgehead atoms. The molecule has 0 spiro atoms. The van der Waals surface area contributed by atoms with Gasteiger partial charge in [0.2, 0.25) is 0 Å². The zero-order valence-electron chi connectivity index (χ0n) is 16.6. The molecule has 0 fully saturated rings. The van der Waals surface area contributed by atoms with Gasteiger partial charge in [-0.05, 0) is 59.1 Å². The van der Waals surface area contributed by atoms with Crippen molar-refractivity contribution in [3.05, 3.63) is 35.4 Å². The Morgan fingerprint density at radius 3 is 2.17 bits per heavy atom. The van der Waals surface area contributed by atoms with E-state index in [2.05, 4.69) is 76.1 Å². The second kappa shape index (κ2) is 8.13. The summed E-state index contributed by atoms with van der Waals surface area (Å²) in [6, 6.07) is 8.79. The van der Waals surface area contributed by atoms with Crippen molar-refractivity contribution in [2.24, 2.45) is 0 Å². The molecular formula is C20H34N2O2. The van der Waals surface area contributed by atoms with E-state index in [9.17, 15) is 4.79 Å². The Morgan fingerprint density at radius 2 is 1.71 bits per heavy atom. The summed E-state index contributed by atoms with van der Waals surface area (Å²) < 4.78 is 5.35. The molecule has 0 aliphatic heterocycles. The Hall–Kier alpha value is -1.39.